The van der Waals surface area contributed by atoms with E-state index in [1.54, 1.807) is 4.90 Å². The molecular formula is C18H24N2O3. The average molecular weight is 316 g/mol. The maximum Gasteiger partial charge on any atom is 0.409 e. The zero-order valence-electron chi connectivity index (χ0n) is 13.6. The molecule has 0 aromatic heterocycles. The zero-order valence-corrected chi connectivity index (χ0v) is 13.6. The van der Waals surface area contributed by atoms with Gasteiger partial charge < -0.3 is 14.5 Å². The molecule has 5 heteroatoms. The van der Waals surface area contributed by atoms with E-state index in [4.69, 9.17) is 4.74 Å². The number of amides is 2. The zero-order chi connectivity index (χ0) is 16.2. The fraction of sp³-hybridized carbons (Fsp3) is 0.556. The van der Waals surface area contributed by atoms with Crippen molar-refractivity contribution in [1.29, 1.82) is 0 Å². The Bertz CT molecular complexity index is 557. The van der Waals surface area contributed by atoms with Gasteiger partial charge in [-0.1, -0.05) is 30.3 Å². The van der Waals surface area contributed by atoms with Crippen molar-refractivity contribution < 1.29 is 14.3 Å². The first kappa shape index (κ1) is 15.8. The lowest BCUT2D eigenvalue weighted by Gasteiger charge is -2.34. The number of methoxy groups -OCH3 is 1. The van der Waals surface area contributed by atoms with Gasteiger partial charge in [-0.2, -0.15) is 0 Å². The summed E-state index contributed by atoms with van der Waals surface area (Å²) in [5.41, 5.74) is 1.16. The van der Waals surface area contributed by atoms with Gasteiger partial charge in [-0.25, -0.2) is 4.79 Å². The topological polar surface area (TPSA) is 49.9 Å². The van der Waals surface area contributed by atoms with Crippen LogP contribution in [0.3, 0.4) is 0 Å². The fourth-order valence-corrected chi connectivity index (χ4v) is 3.26. The van der Waals surface area contributed by atoms with E-state index in [-0.39, 0.29) is 17.9 Å². The molecule has 0 unspecified atom stereocenters. The molecule has 0 radical (unpaired) electrons. The average Bonchev–Trinajstić information content (AvgIpc) is 3.44. The molecule has 1 saturated heterocycles. The lowest BCUT2D eigenvalue weighted by atomic mass is 9.96. The first-order chi connectivity index (χ1) is 11.2. The van der Waals surface area contributed by atoms with E-state index in [1.165, 1.54) is 7.11 Å². The summed E-state index contributed by atoms with van der Waals surface area (Å²) in [6.07, 6.45) is 3.56. The SMILES string of the molecule is COC(=O)N1CCC[C@@H](C(=O)N(Cc2ccccc2)C2CC2)C1. The molecule has 23 heavy (non-hydrogen) atoms. The third kappa shape index (κ3) is 3.84. The maximum atomic E-state index is 13.0. The lowest BCUT2D eigenvalue weighted by molar-refractivity contribution is -0.138. The summed E-state index contributed by atoms with van der Waals surface area (Å²) in [6.45, 7) is 1.82. The van der Waals surface area contributed by atoms with Crippen LogP contribution in [0.2, 0.25) is 0 Å². The van der Waals surface area contributed by atoms with Gasteiger partial charge in [0.25, 0.3) is 0 Å². The van der Waals surface area contributed by atoms with Crippen LogP contribution < -0.4 is 0 Å². The highest BCUT2D eigenvalue weighted by atomic mass is 16.5. The number of piperidine rings is 1. The van der Waals surface area contributed by atoms with E-state index >= 15 is 0 Å². The Balaban J connectivity index is 1.67. The van der Waals surface area contributed by atoms with Crippen molar-refractivity contribution in [3.05, 3.63) is 35.9 Å². The number of rotatable bonds is 4. The van der Waals surface area contributed by atoms with Crippen LogP contribution in [0.15, 0.2) is 30.3 Å². The van der Waals surface area contributed by atoms with Crippen LogP contribution in [0.25, 0.3) is 0 Å². The summed E-state index contributed by atoms with van der Waals surface area (Å²) < 4.78 is 4.80. The van der Waals surface area contributed by atoms with E-state index in [0.717, 1.165) is 31.2 Å². The van der Waals surface area contributed by atoms with Crippen molar-refractivity contribution in [3.8, 4) is 0 Å². The fourth-order valence-electron chi connectivity index (χ4n) is 3.26. The van der Waals surface area contributed by atoms with Crippen LogP contribution in [0.5, 0.6) is 0 Å². The highest BCUT2D eigenvalue weighted by Crippen LogP contribution is 2.31. The van der Waals surface area contributed by atoms with Gasteiger partial charge >= 0.3 is 6.09 Å². The van der Waals surface area contributed by atoms with E-state index in [9.17, 15) is 9.59 Å². The molecule has 2 aliphatic rings. The number of ether oxygens (including phenoxy) is 1. The number of benzene rings is 1. The van der Waals surface area contributed by atoms with Gasteiger partial charge in [0.15, 0.2) is 0 Å². The number of nitrogens with zero attached hydrogens (tertiary/aromatic N) is 2. The number of likely N-dealkylation sites (tertiary alicyclic amines) is 1. The molecule has 124 valence electrons. The largest absolute Gasteiger partial charge is 0.453 e. The summed E-state index contributed by atoms with van der Waals surface area (Å²) >= 11 is 0. The molecule has 1 aliphatic carbocycles. The number of hydrogen-bond acceptors (Lipinski definition) is 3. The van der Waals surface area contributed by atoms with Gasteiger partial charge in [0, 0.05) is 25.7 Å². The highest BCUT2D eigenvalue weighted by molar-refractivity contribution is 5.80. The van der Waals surface area contributed by atoms with Gasteiger partial charge in [-0.3, -0.25) is 4.79 Å². The third-order valence-corrected chi connectivity index (χ3v) is 4.67. The molecular weight excluding hydrogens is 292 g/mol. The highest BCUT2D eigenvalue weighted by Gasteiger charge is 2.38. The van der Waals surface area contributed by atoms with E-state index in [0.29, 0.717) is 25.7 Å². The first-order valence-electron chi connectivity index (χ1n) is 8.36. The second-order valence-electron chi connectivity index (χ2n) is 6.44. The number of hydrogen-bond donors (Lipinski definition) is 0. The van der Waals surface area contributed by atoms with Crippen molar-refractivity contribution in [2.24, 2.45) is 5.92 Å². The van der Waals surface area contributed by atoms with Gasteiger partial charge in [0.05, 0.1) is 13.0 Å². The van der Waals surface area contributed by atoms with Crippen molar-refractivity contribution in [3.63, 3.8) is 0 Å². The summed E-state index contributed by atoms with van der Waals surface area (Å²) in [6, 6.07) is 10.5. The van der Waals surface area contributed by atoms with Crippen LogP contribution in [-0.4, -0.2) is 48.0 Å². The molecule has 3 rings (SSSR count). The second-order valence-corrected chi connectivity index (χ2v) is 6.44. The molecule has 1 atom stereocenters. The molecule has 1 aromatic carbocycles. The minimum absolute atomic E-state index is 0.104. The predicted octanol–water partition coefficient (Wildman–Crippen LogP) is 2.66. The monoisotopic (exact) mass is 316 g/mol. The Morgan fingerprint density at radius 1 is 1.22 bits per heavy atom. The smallest absolute Gasteiger partial charge is 0.409 e. The number of carbonyl (C=O) groups is 2. The van der Waals surface area contributed by atoms with Crippen LogP contribution in [0.4, 0.5) is 4.79 Å². The van der Waals surface area contributed by atoms with Gasteiger partial charge in [0.2, 0.25) is 5.91 Å². The first-order valence-corrected chi connectivity index (χ1v) is 8.36. The molecule has 2 fully saturated rings. The van der Waals surface area contributed by atoms with Gasteiger partial charge in [-0.05, 0) is 31.2 Å². The Labute approximate surface area is 137 Å². The Hall–Kier alpha value is -2.04. The molecule has 1 aromatic rings. The molecule has 0 N–H and O–H groups in total. The summed E-state index contributed by atoms with van der Waals surface area (Å²) in [7, 11) is 1.39. The standard InChI is InChI=1S/C18H24N2O3/c1-23-18(22)19-11-5-8-15(13-19)17(21)20(16-9-10-16)12-14-6-3-2-4-7-14/h2-4,6-7,15-16H,5,8-13H2,1H3/t15-/m1/s1. The van der Waals surface area contributed by atoms with E-state index in [1.807, 2.05) is 23.1 Å². The maximum absolute atomic E-state index is 13.0. The van der Waals surface area contributed by atoms with Crippen molar-refractivity contribution >= 4 is 12.0 Å². The van der Waals surface area contributed by atoms with Crippen molar-refractivity contribution in [2.75, 3.05) is 20.2 Å². The quantitative estimate of drug-likeness (QED) is 0.858. The van der Waals surface area contributed by atoms with E-state index in [2.05, 4.69) is 12.1 Å². The van der Waals surface area contributed by atoms with Gasteiger partial charge in [0.1, 0.15) is 0 Å². The number of carbonyl (C=O) groups excluding carboxylic acids is 2. The van der Waals surface area contributed by atoms with E-state index < -0.39 is 0 Å². The Kier molecular flexibility index (Phi) is 4.84. The van der Waals surface area contributed by atoms with Crippen molar-refractivity contribution in [2.45, 2.75) is 38.3 Å². The lowest BCUT2D eigenvalue weighted by Crippen LogP contribution is -2.47. The third-order valence-electron chi connectivity index (χ3n) is 4.67. The minimum atomic E-state index is -0.330. The van der Waals surface area contributed by atoms with Crippen LogP contribution in [0.1, 0.15) is 31.2 Å². The molecule has 0 spiro atoms. The molecule has 2 amide bonds. The minimum Gasteiger partial charge on any atom is -0.453 e. The normalized spacial score (nSPS) is 20.9. The molecule has 1 saturated carbocycles. The molecule has 1 aliphatic heterocycles. The second kappa shape index (κ2) is 7.02. The molecule has 0 bridgehead atoms. The van der Waals surface area contributed by atoms with Crippen LogP contribution >= 0.6 is 0 Å². The van der Waals surface area contributed by atoms with Crippen LogP contribution in [0, 0.1) is 5.92 Å². The molecule has 5 nitrogen and oxygen atoms in total. The van der Waals surface area contributed by atoms with Crippen LogP contribution in [-0.2, 0) is 16.1 Å². The molecule has 1 heterocycles. The Morgan fingerprint density at radius 2 is 1.96 bits per heavy atom. The predicted molar refractivity (Wildman–Crippen MR) is 86.7 cm³/mol. The Morgan fingerprint density at radius 3 is 2.61 bits per heavy atom. The summed E-state index contributed by atoms with van der Waals surface area (Å²) in [4.78, 5) is 28.4. The summed E-state index contributed by atoms with van der Waals surface area (Å²) in [5, 5.41) is 0. The van der Waals surface area contributed by atoms with Crippen molar-refractivity contribution in [1.82, 2.24) is 9.80 Å². The van der Waals surface area contributed by atoms with Gasteiger partial charge in [-0.15, -0.1) is 0 Å². The summed E-state index contributed by atoms with van der Waals surface area (Å²) in [5.74, 6) is 0.0807.